The molecule has 1 saturated heterocycles. The first-order valence-electron chi connectivity index (χ1n) is 8.60. The molecule has 150 valence electrons. The van der Waals surface area contributed by atoms with Crippen molar-refractivity contribution in [3.05, 3.63) is 22.9 Å². The van der Waals surface area contributed by atoms with Crippen LogP contribution in [0.15, 0.2) is 6.07 Å². The number of hydrogen-bond acceptors (Lipinski definition) is 6. The van der Waals surface area contributed by atoms with Crippen molar-refractivity contribution < 1.29 is 34.8 Å². The van der Waals surface area contributed by atoms with Crippen LogP contribution in [0.3, 0.4) is 0 Å². The van der Waals surface area contributed by atoms with E-state index in [0.29, 0.717) is 30.6 Å². The Labute approximate surface area is 157 Å². The number of anilines is 1. The van der Waals surface area contributed by atoms with Crippen LogP contribution >= 0.6 is 0 Å². The van der Waals surface area contributed by atoms with Crippen molar-refractivity contribution in [1.29, 1.82) is 0 Å². The summed E-state index contributed by atoms with van der Waals surface area (Å²) in [4.78, 5) is 37.9. The highest BCUT2D eigenvalue weighted by molar-refractivity contribution is 5.95. The summed E-state index contributed by atoms with van der Waals surface area (Å²) < 4.78 is 0. The number of aryl methyl sites for hydroxylation is 2. The van der Waals surface area contributed by atoms with E-state index in [1.165, 1.54) is 0 Å². The third-order valence-corrected chi connectivity index (χ3v) is 4.74. The van der Waals surface area contributed by atoms with Gasteiger partial charge in [0.1, 0.15) is 16.8 Å². The number of aromatic nitrogens is 1. The van der Waals surface area contributed by atoms with E-state index >= 15 is 0 Å². The number of nitrogens with zero attached hydrogens (tertiary/aromatic N) is 2. The van der Waals surface area contributed by atoms with Crippen molar-refractivity contribution in [2.45, 2.75) is 46.1 Å². The molecule has 2 atom stereocenters. The van der Waals surface area contributed by atoms with E-state index in [0.717, 1.165) is 0 Å². The number of aromatic carboxylic acids is 1. The Kier molecular flexibility index (Phi) is 7.71. The molecule has 1 aliphatic rings. The van der Waals surface area contributed by atoms with Gasteiger partial charge in [0.05, 0.1) is 6.10 Å². The van der Waals surface area contributed by atoms with Gasteiger partial charge in [0.15, 0.2) is 0 Å². The highest BCUT2D eigenvalue weighted by atomic mass is 16.4. The van der Waals surface area contributed by atoms with Gasteiger partial charge in [-0.2, -0.15) is 0 Å². The molecule has 0 spiro atoms. The molecule has 0 radical (unpaired) electrons. The lowest BCUT2D eigenvalue weighted by molar-refractivity contribution is -0.158. The molecule has 0 unspecified atom stereocenters. The van der Waals surface area contributed by atoms with E-state index in [9.17, 15) is 24.9 Å². The van der Waals surface area contributed by atoms with Crippen LogP contribution in [-0.2, 0) is 9.59 Å². The van der Waals surface area contributed by atoms with E-state index in [2.05, 4.69) is 4.98 Å². The summed E-state index contributed by atoms with van der Waals surface area (Å²) in [5.74, 6) is -1.85. The van der Waals surface area contributed by atoms with Crippen molar-refractivity contribution in [2.24, 2.45) is 5.41 Å². The Balaban J connectivity index is 0.00000114. The number of rotatable bonds is 5. The van der Waals surface area contributed by atoms with Gasteiger partial charge in [-0.25, -0.2) is 9.78 Å². The molecule has 1 fully saturated rings. The monoisotopic (exact) mass is 382 g/mol. The molecule has 27 heavy (non-hydrogen) atoms. The van der Waals surface area contributed by atoms with E-state index < -0.39 is 23.5 Å². The molecule has 0 aromatic carbocycles. The number of carbonyl (C=O) groups is 3. The van der Waals surface area contributed by atoms with Crippen LogP contribution in [-0.4, -0.2) is 63.0 Å². The van der Waals surface area contributed by atoms with Crippen LogP contribution in [0.2, 0.25) is 0 Å². The number of piperidine rings is 1. The number of aliphatic hydroxyl groups excluding tert-OH is 1. The molecule has 9 nitrogen and oxygen atoms in total. The van der Waals surface area contributed by atoms with Gasteiger partial charge < -0.3 is 25.3 Å². The molecule has 1 aromatic heterocycles. The van der Waals surface area contributed by atoms with Gasteiger partial charge in [-0.15, -0.1) is 0 Å². The lowest BCUT2D eigenvalue weighted by atomic mass is 9.74. The first kappa shape index (κ1) is 22.4. The molecule has 9 heteroatoms. The fourth-order valence-corrected chi connectivity index (χ4v) is 3.58. The summed E-state index contributed by atoms with van der Waals surface area (Å²) in [6, 6.07) is 1.70. The summed E-state index contributed by atoms with van der Waals surface area (Å²) in [5.41, 5.74) is 0.0533. The third-order valence-electron chi connectivity index (χ3n) is 4.74. The average molecular weight is 382 g/mol. The molecular formula is C18H26N2O7. The number of aliphatic carboxylic acids is 1. The zero-order valence-electron chi connectivity index (χ0n) is 15.7. The lowest BCUT2D eigenvalue weighted by Gasteiger charge is -2.44. The summed E-state index contributed by atoms with van der Waals surface area (Å²) in [7, 11) is 0. The van der Waals surface area contributed by atoms with E-state index in [-0.39, 0.29) is 30.8 Å². The minimum Gasteiger partial charge on any atom is -0.483 e. The van der Waals surface area contributed by atoms with Gasteiger partial charge in [-0.3, -0.25) is 9.59 Å². The molecule has 0 saturated carbocycles. The Morgan fingerprint density at radius 2 is 1.96 bits per heavy atom. The average Bonchev–Trinajstić information content (AvgIpc) is 2.56. The van der Waals surface area contributed by atoms with Gasteiger partial charge in [-0.1, -0.05) is 13.3 Å². The number of hydrogen-bond donors (Lipinski definition) is 4. The van der Waals surface area contributed by atoms with Crippen LogP contribution in [0.25, 0.3) is 0 Å². The summed E-state index contributed by atoms with van der Waals surface area (Å²) in [6.07, 6.45) is 0.252. The fraction of sp³-hybridized carbons (Fsp3) is 0.556. The fourth-order valence-electron chi connectivity index (χ4n) is 3.58. The van der Waals surface area contributed by atoms with Crippen molar-refractivity contribution in [3.63, 3.8) is 0 Å². The van der Waals surface area contributed by atoms with Crippen LogP contribution in [0.5, 0.6) is 0 Å². The largest absolute Gasteiger partial charge is 0.483 e. The standard InChI is InChI=1S/C17H24N2O5.CH2O2/c1-4-6-17(16(23)24)9-19(7-5-12(17)20)14-13(15(21)22)10(2)8-11(3)18-14;2-1-3/h8,12,20H,4-7,9H2,1-3H3,(H,21,22)(H,23,24);1H,(H,2,3)/t12-,17-;/m0./s1. The quantitative estimate of drug-likeness (QED) is 0.556. The van der Waals surface area contributed by atoms with Gasteiger partial charge in [-0.05, 0) is 38.3 Å². The summed E-state index contributed by atoms with van der Waals surface area (Å²) in [5, 5.41) is 36.5. The van der Waals surface area contributed by atoms with Gasteiger partial charge >= 0.3 is 11.9 Å². The second kappa shape index (κ2) is 9.31. The summed E-state index contributed by atoms with van der Waals surface area (Å²) >= 11 is 0. The third kappa shape index (κ3) is 4.73. The van der Waals surface area contributed by atoms with Crippen LogP contribution < -0.4 is 4.90 Å². The zero-order chi connectivity index (χ0) is 20.8. The number of aliphatic hydroxyl groups is 1. The molecule has 0 amide bonds. The first-order valence-corrected chi connectivity index (χ1v) is 8.60. The van der Waals surface area contributed by atoms with Crippen molar-refractivity contribution in [2.75, 3.05) is 18.0 Å². The van der Waals surface area contributed by atoms with E-state index in [4.69, 9.17) is 9.90 Å². The van der Waals surface area contributed by atoms with Gasteiger partial charge in [0, 0.05) is 18.8 Å². The van der Waals surface area contributed by atoms with Crippen LogP contribution in [0.4, 0.5) is 5.82 Å². The molecule has 1 aromatic rings. The van der Waals surface area contributed by atoms with Crippen LogP contribution in [0, 0.1) is 19.3 Å². The number of carboxylic acid groups (broad SMARTS) is 3. The Morgan fingerprint density at radius 1 is 1.37 bits per heavy atom. The predicted octanol–water partition coefficient (Wildman–Crippen LogP) is 1.54. The van der Waals surface area contributed by atoms with E-state index in [1.54, 1.807) is 24.8 Å². The zero-order valence-corrected chi connectivity index (χ0v) is 15.7. The molecule has 1 aliphatic heterocycles. The SMILES string of the molecule is CCC[C@]1(C(=O)O)CN(c2nc(C)cc(C)c2C(=O)O)CC[C@@H]1O.O=CO. The molecule has 0 aliphatic carbocycles. The predicted molar refractivity (Wildman–Crippen MR) is 97.2 cm³/mol. The topological polar surface area (TPSA) is 148 Å². The Morgan fingerprint density at radius 3 is 2.44 bits per heavy atom. The molecule has 0 bridgehead atoms. The van der Waals surface area contributed by atoms with Crippen molar-refractivity contribution >= 4 is 24.2 Å². The Hall–Kier alpha value is -2.68. The second-order valence-electron chi connectivity index (χ2n) is 6.63. The Bertz CT molecular complexity index is 707. The van der Waals surface area contributed by atoms with Gasteiger partial charge in [0.25, 0.3) is 6.47 Å². The minimum absolute atomic E-state index is 0.0491. The van der Waals surface area contributed by atoms with Crippen LogP contribution in [0.1, 0.15) is 47.8 Å². The number of carboxylic acids is 2. The smallest absolute Gasteiger partial charge is 0.339 e. The van der Waals surface area contributed by atoms with Gasteiger partial charge in [0.2, 0.25) is 0 Å². The molecule has 4 N–H and O–H groups in total. The maximum atomic E-state index is 11.9. The summed E-state index contributed by atoms with van der Waals surface area (Å²) in [6.45, 7) is 5.52. The highest BCUT2D eigenvalue weighted by Crippen LogP contribution is 2.38. The minimum atomic E-state index is -1.30. The molecular weight excluding hydrogens is 356 g/mol. The second-order valence-corrected chi connectivity index (χ2v) is 6.63. The maximum absolute atomic E-state index is 11.9. The van der Waals surface area contributed by atoms with Crippen molar-refractivity contribution in [1.82, 2.24) is 4.98 Å². The highest BCUT2D eigenvalue weighted by Gasteiger charge is 2.49. The van der Waals surface area contributed by atoms with E-state index in [1.807, 2.05) is 6.92 Å². The normalized spacial score (nSPS) is 21.8. The number of pyridine rings is 1. The van der Waals surface area contributed by atoms with Crippen molar-refractivity contribution in [3.8, 4) is 0 Å². The molecule has 2 rings (SSSR count). The lowest BCUT2D eigenvalue weighted by Crippen LogP contribution is -2.56. The molecule has 2 heterocycles. The first-order chi connectivity index (χ1) is 12.6. The maximum Gasteiger partial charge on any atom is 0.339 e.